The number of fused-ring (bicyclic) bond motifs is 2. The number of H-pyrrole nitrogens is 1. The van der Waals surface area contributed by atoms with Gasteiger partial charge < -0.3 is 9.42 Å². The Labute approximate surface area is 157 Å². The van der Waals surface area contributed by atoms with Gasteiger partial charge in [0.15, 0.2) is 11.3 Å². The van der Waals surface area contributed by atoms with Gasteiger partial charge in [-0.25, -0.2) is 0 Å². The number of aromatic amines is 1. The average Bonchev–Trinajstić information content (AvgIpc) is 3.33. The number of piperazine rings is 1. The molecular weight excluding hydrogens is 342 g/mol. The van der Waals surface area contributed by atoms with Crippen molar-refractivity contribution in [2.24, 2.45) is 0 Å². The molecule has 1 aromatic carbocycles. The minimum Gasteiger partial charge on any atom is -0.356 e. The molecule has 0 spiro atoms. The first-order valence-electron chi connectivity index (χ1n) is 9.70. The molecule has 27 heavy (non-hydrogen) atoms. The van der Waals surface area contributed by atoms with E-state index in [4.69, 9.17) is 4.52 Å². The molecule has 140 valence electrons. The van der Waals surface area contributed by atoms with E-state index in [0.717, 1.165) is 79.9 Å². The molecule has 2 aromatic heterocycles. The molecule has 0 atom stereocenters. The van der Waals surface area contributed by atoms with E-state index >= 15 is 0 Å². The molecule has 7 heteroatoms. The van der Waals surface area contributed by atoms with Crippen LogP contribution in [0.25, 0.3) is 11.0 Å². The molecule has 0 unspecified atom stereocenters. The Morgan fingerprint density at radius 2 is 1.93 bits per heavy atom. The smallest absolute Gasteiger partial charge is 0.274 e. The van der Waals surface area contributed by atoms with Gasteiger partial charge in [0.1, 0.15) is 5.69 Å². The van der Waals surface area contributed by atoms with E-state index in [1.165, 1.54) is 6.42 Å². The van der Waals surface area contributed by atoms with Crippen molar-refractivity contribution in [3.63, 3.8) is 0 Å². The maximum atomic E-state index is 12.9. The predicted molar refractivity (Wildman–Crippen MR) is 100 cm³/mol. The van der Waals surface area contributed by atoms with Gasteiger partial charge in [-0.3, -0.25) is 14.8 Å². The highest BCUT2D eigenvalue weighted by atomic mass is 16.5. The Morgan fingerprint density at radius 3 is 2.81 bits per heavy atom. The van der Waals surface area contributed by atoms with Crippen molar-refractivity contribution in [3.05, 3.63) is 46.9 Å². The topological polar surface area (TPSA) is 78.3 Å². The first kappa shape index (κ1) is 16.5. The lowest BCUT2D eigenvalue weighted by atomic mass is 9.95. The lowest BCUT2D eigenvalue weighted by Crippen LogP contribution is -2.48. The Balaban J connectivity index is 1.24. The quantitative estimate of drug-likeness (QED) is 0.771. The van der Waals surface area contributed by atoms with Crippen LogP contribution in [-0.2, 0) is 19.4 Å². The number of nitrogens with zero attached hydrogens (tertiary/aromatic N) is 4. The van der Waals surface area contributed by atoms with Crippen molar-refractivity contribution in [2.75, 3.05) is 26.2 Å². The normalized spacial score (nSPS) is 18.0. The van der Waals surface area contributed by atoms with Gasteiger partial charge in [-0.1, -0.05) is 17.3 Å². The van der Waals surface area contributed by atoms with Crippen molar-refractivity contribution >= 4 is 16.9 Å². The van der Waals surface area contributed by atoms with Crippen molar-refractivity contribution < 1.29 is 9.32 Å². The van der Waals surface area contributed by atoms with E-state index in [1.807, 2.05) is 29.2 Å². The highest BCUT2D eigenvalue weighted by Crippen LogP contribution is 2.24. The van der Waals surface area contributed by atoms with Crippen LogP contribution >= 0.6 is 0 Å². The Morgan fingerprint density at radius 1 is 1.11 bits per heavy atom. The predicted octanol–water partition coefficient (Wildman–Crippen LogP) is 2.39. The van der Waals surface area contributed by atoms with E-state index < -0.39 is 0 Å². The summed E-state index contributed by atoms with van der Waals surface area (Å²) in [4.78, 5) is 17.2. The zero-order chi connectivity index (χ0) is 18.2. The zero-order valence-corrected chi connectivity index (χ0v) is 15.3. The highest BCUT2D eigenvalue weighted by Gasteiger charge is 2.28. The van der Waals surface area contributed by atoms with Gasteiger partial charge in [0.2, 0.25) is 0 Å². The Hall–Kier alpha value is -2.67. The van der Waals surface area contributed by atoms with E-state index in [9.17, 15) is 4.79 Å². The van der Waals surface area contributed by atoms with Gasteiger partial charge in [0.05, 0.1) is 0 Å². The summed E-state index contributed by atoms with van der Waals surface area (Å²) in [6.45, 7) is 3.85. The number of amides is 1. The van der Waals surface area contributed by atoms with Gasteiger partial charge >= 0.3 is 0 Å². The van der Waals surface area contributed by atoms with E-state index in [1.54, 1.807) is 0 Å². The molecule has 7 nitrogen and oxygen atoms in total. The van der Waals surface area contributed by atoms with Crippen LogP contribution in [0, 0.1) is 0 Å². The molecule has 0 saturated carbocycles. The molecule has 1 aliphatic heterocycles. The highest BCUT2D eigenvalue weighted by molar-refractivity contribution is 5.94. The average molecular weight is 365 g/mol. The molecule has 3 heterocycles. The number of nitrogens with one attached hydrogen (secondary N) is 1. The third kappa shape index (κ3) is 3.02. The molecule has 0 radical (unpaired) electrons. The van der Waals surface area contributed by atoms with E-state index in [-0.39, 0.29) is 5.91 Å². The Kier molecular flexibility index (Phi) is 4.16. The van der Waals surface area contributed by atoms with E-state index in [2.05, 4.69) is 20.3 Å². The number of hydrogen-bond acceptors (Lipinski definition) is 5. The van der Waals surface area contributed by atoms with Crippen LogP contribution in [0.1, 0.15) is 40.3 Å². The fraction of sp³-hybridized carbons (Fsp3) is 0.450. The molecule has 1 amide bonds. The largest absolute Gasteiger partial charge is 0.356 e. The number of hydrogen-bond donors (Lipinski definition) is 1. The summed E-state index contributed by atoms with van der Waals surface area (Å²) in [6.07, 6.45) is 4.30. The van der Waals surface area contributed by atoms with Crippen LogP contribution in [-0.4, -0.2) is 57.2 Å². The third-order valence-corrected chi connectivity index (χ3v) is 5.74. The van der Waals surface area contributed by atoms with Gasteiger partial charge in [-0.2, -0.15) is 5.10 Å². The van der Waals surface area contributed by atoms with E-state index in [0.29, 0.717) is 5.69 Å². The number of benzene rings is 1. The summed E-state index contributed by atoms with van der Waals surface area (Å²) < 4.78 is 5.40. The minimum absolute atomic E-state index is 0.0703. The second-order valence-electron chi connectivity index (χ2n) is 7.43. The number of carbonyl (C=O) groups excluding carboxylic acids is 1. The van der Waals surface area contributed by atoms with Crippen LogP contribution < -0.4 is 0 Å². The summed E-state index contributed by atoms with van der Waals surface area (Å²) in [5, 5.41) is 12.7. The SMILES string of the molecule is O=C(c1n[nH]c2c1CCCC2)N1CCN(Cc2noc3ccccc23)CC1. The minimum atomic E-state index is 0.0703. The van der Waals surface area contributed by atoms with Gasteiger partial charge in [-0.15, -0.1) is 0 Å². The van der Waals surface area contributed by atoms with Gasteiger partial charge in [-0.05, 0) is 37.8 Å². The summed E-state index contributed by atoms with van der Waals surface area (Å²) in [7, 11) is 0. The van der Waals surface area contributed by atoms with Crippen LogP contribution in [0.15, 0.2) is 28.8 Å². The lowest BCUT2D eigenvalue weighted by Gasteiger charge is -2.34. The monoisotopic (exact) mass is 365 g/mol. The second-order valence-corrected chi connectivity index (χ2v) is 7.43. The molecule has 2 aliphatic rings. The fourth-order valence-corrected chi connectivity index (χ4v) is 4.18. The number of para-hydroxylation sites is 1. The lowest BCUT2D eigenvalue weighted by molar-refractivity contribution is 0.0619. The molecule has 0 bridgehead atoms. The summed E-state index contributed by atoms with van der Waals surface area (Å²) in [6, 6.07) is 7.94. The summed E-state index contributed by atoms with van der Waals surface area (Å²) in [5.41, 5.74) is 4.72. The third-order valence-electron chi connectivity index (χ3n) is 5.74. The van der Waals surface area contributed by atoms with Crippen molar-refractivity contribution in [3.8, 4) is 0 Å². The number of aromatic nitrogens is 3. The number of carbonyl (C=O) groups is 1. The van der Waals surface area contributed by atoms with Gasteiger partial charge in [0, 0.05) is 49.4 Å². The van der Waals surface area contributed by atoms with Gasteiger partial charge in [0.25, 0.3) is 5.91 Å². The maximum Gasteiger partial charge on any atom is 0.274 e. The summed E-state index contributed by atoms with van der Waals surface area (Å²) in [5.74, 6) is 0.0703. The number of aryl methyl sites for hydroxylation is 1. The zero-order valence-electron chi connectivity index (χ0n) is 15.3. The molecule has 1 saturated heterocycles. The van der Waals surface area contributed by atoms with Crippen molar-refractivity contribution in [1.82, 2.24) is 25.2 Å². The molecule has 5 rings (SSSR count). The molecule has 3 aromatic rings. The standard InChI is InChI=1S/C20H23N5O2/c26-20(19-15-6-1-3-7-16(15)21-22-19)25-11-9-24(10-12-25)13-17-14-5-2-4-8-18(14)27-23-17/h2,4-5,8H,1,3,6-7,9-13H2,(H,21,22). The van der Waals surface area contributed by atoms with Crippen molar-refractivity contribution in [1.29, 1.82) is 0 Å². The molecule has 1 aliphatic carbocycles. The number of rotatable bonds is 3. The molecular formula is C20H23N5O2. The Bertz CT molecular complexity index is 968. The fourth-order valence-electron chi connectivity index (χ4n) is 4.18. The van der Waals surface area contributed by atoms with Crippen molar-refractivity contribution in [2.45, 2.75) is 32.2 Å². The van der Waals surface area contributed by atoms with Crippen LogP contribution in [0.3, 0.4) is 0 Å². The molecule has 1 fully saturated rings. The first-order chi connectivity index (χ1) is 13.3. The maximum absolute atomic E-state index is 12.9. The first-order valence-corrected chi connectivity index (χ1v) is 9.70. The molecule has 1 N–H and O–H groups in total. The van der Waals surface area contributed by atoms with Crippen LogP contribution in [0.5, 0.6) is 0 Å². The van der Waals surface area contributed by atoms with Crippen LogP contribution in [0.4, 0.5) is 0 Å². The summed E-state index contributed by atoms with van der Waals surface area (Å²) >= 11 is 0. The van der Waals surface area contributed by atoms with Crippen LogP contribution in [0.2, 0.25) is 0 Å². The second kappa shape index (κ2) is 6.81.